The Hall–Kier alpha value is -1.60. The second kappa shape index (κ2) is 7.11. The minimum absolute atomic E-state index is 0.0316. The zero-order chi connectivity index (χ0) is 17.2. The van der Waals surface area contributed by atoms with Crippen molar-refractivity contribution >= 4 is 5.91 Å². The van der Waals surface area contributed by atoms with E-state index in [1.165, 1.54) is 12.1 Å². The van der Waals surface area contributed by atoms with Crippen molar-refractivity contribution < 1.29 is 22.7 Å². The van der Waals surface area contributed by atoms with E-state index in [-0.39, 0.29) is 18.5 Å². The van der Waals surface area contributed by atoms with Crippen molar-refractivity contribution in [2.75, 3.05) is 32.8 Å². The Bertz CT molecular complexity index is 581. The van der Waals surface area contributed by atoms with Crippen LogP contribution in [-0.4, -0.2) is 43.7 Å². The third kappa shape index (κ3) is 4.27. The Kier molecular flexibility index (Phi) is 5.10. The molecule has 1 atom stereocenters. The van der Waals surface area contributed by atoms with E-state index in [0.29, 0.717) is 37.8 Å². The predicted molar refractivity (Wildman–Crippen MR) is 82.3 cm³/mol. The molecule has 1 amide bonds. The molecule has 1 aliphatic heterocycles. The van der Waals surface area contributed by atoms with Crippen LogP contribution < -0.4 is 5.32 Å². The van der Waals surface area contributed by atoms with Crippen molar-refractivity contribution in [3.63, 3.8) is 0 Å². The molecule has 4 nitrogen and oxygen atoms in total. The number of halogens is 3. The third-order valence-corrected chi connectivity index (χ3v) is 4.50. The lowest BCUT2D eigenvalue weighted by atomic mass is 10.00. The van der Waals surface area contributed by atoms with Crippen LogP contribution in [0.2, 0.25) is 0 Å². The maximum absolute atomic E-state index is 12.9. The van der Waals surface area contributed by atoms with Crippen molar-refractivity contribution in [2.45, 2.75) is 25.1 Å². The predicted octanol–water partition coefficient (Wildman–Crippen LogP) is 2.60. The molecule has 0 aromatic heterocycles. The third-order valence-electron chi connectivity index (χ3n) is 4.50. The average molecular weight is 342 g/mol. The Morgan fingerprint density at radius 3 is 2.62 bits per heavy atom. The van der Waals surface area contributed by atoms with Gasteiger partial charge in [0.25, 0.3) is 0 Å². The number of ether oxygens (including phenoxy) is 1. The molecule has 1 aromatic rings. The fourth-order valence-electron chi connectivity index (χ4n) is 3.02. The van der Waals surface area contributed by atoms with Crippen LogP contribution in [0.3, 0.4) is 0 Å². The molecule has 1 saturated heterocycles. The van der Waals surface area contributed by atoms with Crippen molar-refractivity contribution in [3.8, 4) is 0 Å². The SMILES string of the molecule is O=C(CN[C@@H](c1cccc(C(F)(F)F)c1)C1CC1)N1CCOCC1. The summed E-state index contributed by atoms with van der Waals surface area (Å²) in [6.45, 7) is 2.34. The van der Waals surface area contributed by atoms with Gasteiger partial charge in [-0.25, -0.2) is 0 Å². The van der Waals surface area contributed by atoms with Gasteiger partial charge in [0.15, 0.2) is 0 Å². The van der Waals surface area contributed by atoms with Gasteiger partial charge in [0.2, 0.25) is 5.91 Å². The molecule has 2 aliphatic rings. The van der Waals surface area contributed by atoms with E-state index in [1.807, 2.05) is 0 Å². The van der Waals surface area contributed by atoms with E-state index in [9.17, 15) is 18.0 Å². The summed E-state index contributed by atoms with van der Waals surface area (Å²) in [5.74, 6) is 0.266. The van der Waals surface area contributed by atoms with Crippen LogP contribution in [0.15, 0.2) is 24.3 Å². The first-order chi connectivity index (χ1) is 11.4. The summed E-state index contributed by atoms with van der Waals surface area (Å²) >= 11 is 0. The summed E-state index contributed by atoms with van der Waals surface area (Å²) in [6.07, 6.45) is -2.41. The number of alkyl halides is 3. The topological polar surface area (TPSA) is 41.6 Å². The van der Waals surface area contributed by atoms with E-state index in [2.05, 4.69) is 5.32 Å². The van der Waals surface area contributed by atoms with E-state index < -0.39 is 11.7 Å². The fraction of sp³-hybridized carbons (Fsp3) is 0.588. The normalized spacial score (nSPS) is 20.0. The molecule has 1 aromatic carbocycles. The van der Waals surface area contributed by atoms with Gasteiger partial charge in [0.05, 0.1) is 25.3 Å². The fourth-order valence-corrected chi connectivity index (χ4v) is 3.02. The smallest absolute Gasteiger partial charge is 0.378 e. The minimum Gasteiger partial charge on any atom is -0.378 e. The van der Waals surface area contributed by atoms with Crippen LogP contribution in [0.25, 0.3) is 0 Å². The second-order valence-corrected chi connectivity index (χ2v) is 6.31. The molecule has 24 heavy (non-hydrogen) atoms. The highest BCUT2D eigenvalue weighted by atomic mass is 19.4. The van der Waals surface area contributed by atoms with E-state index in [0.717, 1.165) is 18.9 Å². The highest BCUT2D eigenvalue weighted by Crippen LogP contribution is 2.42. The van der Waals surface area contributed by atoms with Crippen molar-refractivity contribution in [1.29, 1.82) is 0 Å². The average Bonchev–Trinajstić information content (AvgIpc) is 3.40. The van der Waals surface area contributed by atoms with Crippen molar-refractivity contribution in [1.82, 2.24) is 10.2 Å². The molecular weight excluding hydrogens is 321 g/mol. The Balaban J connectivity index is 1.66. The van der Waals surface area contributed by atoms with Gasteiger partial charge in [-0.05, 0) is 36.5 Å². The van der Waals surface area contributed by atoms with Crippen molar-refractivity contribution in [2.24, 2.45) is 5.92 Å². The molecular formula is C17H21F3N2O2. The number of carbonyl (C=O) groups excluding carboxylic acids is 1. The van der Waals surface area contributed by atoms with Crippen LogP contribution in [0.5, 0.6) is 0 Å². The van der Waals surface area contributed by atoms with Gasteiger partial charge in [-0.3, -0.25) is 4.79 Å². The molecule has 0 radical (unpaired) electrons. The number of hydrogen-bond donors (Lipinski definition) is 1. The quantitative estimate of drug-likeness (QED) is 0.894. The summed E-state index contributed by atoms with van der Waals surface area (Å²) in [5.41, 5.74) is -0.0472. The Morgan fingerprint density at radius 1 is 1.29 bits per heavy atom. The lowest BCUT2D eigenvalue weighted by Crippen LogP contribution is -2.45. The first-order valence-electron chi connectivity index (χ1n) is 8.21. The number of benzene rings is 1. The highest BCUT2D eigenvalue weighted by molar-refractivity contribution is 5.78. The number of rotatable bonds is 5. The van der Waals surface area contributed by atoms with Gasteiger partial charge in [0.1, 0.15) is 0 Å². The van der Waals surface area contributed by atoms with Crippen LogP contribution in [0.4, 0.5) is 13.2 Å². The monoisotopic (exact) mass is 342 g/mol. The van der Waals surface area contributed by atoms with E-state index in [4.69, 9.17) is 4.74 Å². The number of carbonyl (C=O) groups is 1. The number of nitrogens with zero attached hydrogens (tertiary/aromatic N) is 1. The molecule has 7 heteroatoms. The molecule has 0 spiro atoms. The molecule has 2 fully saturated rings. The van der Waals surface area contributed by atoms with E-state index in [1.54, 1.807) is 11.0 Å². The van der Waals surface area contributed by atoms with Gasteiger partial charge in [-0.2, -0.15) is 13.2 Å². The molecule has 1 aliphatic carbocycles. The molecule has 1 heterocycles. The van der Waals surface area contributed by atoms with Gasteiger partial charge < -0.3 is 15.0 Å². The van der Waals surface area contributed by atoms with Crippen LogP contribution >= 0.6 is 0 Å². The summed E-state index contributed by atoms with van der Waals surface area (Å²) in [4.78, 5) is 14.0. The zero-order valence-corrected chi connectivity index (χ0v) is 13.3. The number of morpholine rings is 1. The highest BCUT2D eigenvalue weighted by Gasteiger charge is 2.35. The molecule has 0 unspecified atom stereocenters. The molecule has 1 saturated carbocycles. The lowest BCUT2D eigenvalue weighted by molar-refractivity contribution is -0.137. The summed E-state index contributed by atoms with van der Waals surface area (Å²) in [5, 5.41) is 3.17. The summed E-state index contributed by atoms with van der Waals surface area (Å²) < 4.78 is 44.0. The second-order valence-electron chi connectivity index (χ2n) is 6.31. The molecule has 3 rings (SSSR count). The molecule has 1 N–H and O–H groups in total. The van der Waals surface area contributed by atoms with Crippen LogP contribution in [-0.2, 0) is 15.7 Å². The lowest BCUT2D eigenvalue weighted by Gasteiger charge is -2.28. The zero-order valence-electron chi connectivity index (χ0n) is 13.3. The number of hydrogen-bond acceptors (Lipinski definition) is 3. The Labute approximate surface area is 139 Å². The number of nitrogens with one attached hydrogen (secondary N) is 1. The first-order valence-corrected chi connectivity index (χ1v) is 8.21. The molecule has 0 bridgehead atoms. The largest absolute Gasteiger partial charge is 0.416 e. The van der Waals surface area contributed by atoms with Gasteiger partial charge in [-0.15, -0.1) is 0 Å². The summed E-state index contributed by atoms with van der Waals surface area (Å²) in [7, 11) is 0. The van der Waals surface area contributed by atoms with Gasteiger partial charge >= 0.3 is 6.18 Å². The maximum Gasteiger partial charge on any atom is 0.416 e. The van der Waals surface area contributed by atoms with Crippen LogP contribution in [0, 0.1) is 5.92 Å². The minimum atomic E-state index is -4.35. The first kappa shape index (κ1) is 17.2. The maximum atomic E-state index is 12.9. The molecule has 132 valence electrons. The number of amides is 1. The van der Waals surface area contributed by atoms with Gasteiger partial charge in [-0.1, -0.05) is 12.1 Å². The van der Waals surface area contributed by atoms with Crippen molar-refractivity contribution in [3.05, 3.63) is 35.4 Å². The summed E-state index contributed by atoms with van der Waals surface area (Å²) in [6, 6.07) is 5.18. The Morgan fingerprint density at radius 2 is 2.00 bits per heavy atom. The van der Waals surface area contributed by atoms with Crippen LogP contribution in [0.1, 0.15) is 30.0 Å². The standard InChI is InChI=1S/C17H21F3N2O2/c18-17(19,20)14-3-1-2-13(10-14)16(12-4-5-12)21-11-15(23)22-6-8-24-9-7-22/h1-3,10,12,16,21H,4-9,11H2/t16-/m1/s1. The van der Waals surface area contributed by atoms with Gasteiger partial charge in [0, 0.05) is 19.1 Å². The van der Waals surface area contributed by atoms with E-state index >= 15 is 0 Å².